The molecule has 5 N–H and O–H groups in total. The Kier molecular flexibility index (Phi) is 6.00. The van der Waals surface area contributed by atoms with Gasteiger partial charge >= 0.3 is 0 Å². The summed E-state index contributed by atoms with van der Waals surface area (Å²) in [7, 11) is 0. The minimum Gasteiger partial charge on any atom is -0.508 e. The third kappa shape index (κ3) is 3.47. The van der Waals surface area contributed by atoms with Crippen LogP contribution in [0.5, 0.6) is 17.2 Å². The summed E-state index contributed by atoms with van der Waals surface area (Å²) in [5.41, 5.74) is 6.14. The topological polar surface area (TPSA) is 86.7 Å². The van der Waals surface area contributed by atoms with Crippen molar-refractivity contribution in [1.82, 2.24) is 0 Å². The second-order valence-corrected chi connectivity index (χ2v) is 3.65. The van der Waals surface area contributed by atoms with E-state index in [1.807, 2.05) is 6.92 Å². The summed E-state index contributed by atoms with van der Waals surface area (Å²) in [6.07, 6.45) is 2.64. The average Bonchev–Trinajstić information content (AvgIpc) is 2.12. The molecule has 0 fully saturated rings. The summed E-state index contributed by atoms with van der Waals surface area (Å²) in [4.78, 5) is 0. The molecule has 0 heterocycles. The fourth-order valence-electron chi connectivity index (χ4n) is 1.56. The Balaban J connectivity index is 0.00000225. The highest BCUT2D eigenvalue weighted by atomic mass is 35.5. The van der Waals surface area contributed by atoms with Gasteiger partial charge in [-0.15, -0.1) is 12.4 Å². The number of hydrogen-bond acceptors (Lipinski definition) is 4. The van der Waals surface area contributed by atoms with Crippen LogP contribution in [0.15, 0.2) is 12.1 Å². The molecule has 16 heavy (non-hydrogen) atoms. The van der Waals surface area contributed by atoms with Crippen molar-refractivity contribution in [2.45, 2.75) is 32.2 Å². The minimum absolute atomic E-state index is 0. The number of nitrogens with two attached hydrogens (primary N) is 1. The van der Waals surface area contributed by atoms with Gasteiger partial charge in [0.2, 0.25) is 0 Å². The van der Waals surface area contributed by atoms with Gasteiger partial charge in [-0.2, -0.15) is 0 Å². The number of phenolic OH excluding ortho intramolecular Hbond substituents is 3. The van der Waals surface area contributed by atoms with Crippen LogP contribution < -0.4 is 5.73 Å². The molecule has 0 amide bonds. The zero-order valence-corrected chi connectivity index (χ0v) is 10.00. The number of benzene rings is 1. The van der Waals surface area contributed by atoms with Crippen LogP contribution in [0.1, 0.15) is 37.8 Å². The van der Waals surface area contributed by atoms with E-state index in [1.54, 1.807) is 0 Å². The van der Waals surface area contributed by atoms with Gasteiger partial charge in [-0.05, 0) is 6.42 Å². The molecule has 0 aliphatic heterocycles. The second-order valence-electron chi connectivity index (χ2n) is 3.65. The van der Waals surface area contributed by atoms with Crippen LogP contribution >= 0.6 is 12.4 Å². The lowest BCUT2D eigenvalue weighted by molar-refractivity contribution is 0.408. The third-order valence-electron chi connectivity index (χ3n) is 2.36. The zero-order valence-electron chi connectivity index (χ0n) is 9.18. The van der Waals surface area contributed by atoms with Crippen molar-refractivity contribution in [2.75, 3.05) is 0 Å². The smallest absolute Gasteiger partial charge is 0.127 e. The van der Waals surface area contributed by atoms with Crippen LogP contribution in [0, 0.1) is 0 Å². The number of rotatable bonds is 4. The molecule has 0 unspecified atom stereocenters. The molecule has 0 aromatic heterocycles. The van der Waals surface area contributed by atoms with Gasteiger partial charge in [-0.3, -0.25) is 0 Å². The van der Waals surface area contributed by atoms with Gasteiger partial charge in [0, 0.05) is 18.2 Å². The number of aromatic hydroxyl groups is 3. The molecule has 1 atom stereocenters. The largest absolute Gasteiger partial charge is 0.508 e. The first-order valence-corrected chi connectivity index (χ1v) is 5.06. The summed E-state index contributed by atoms with van der Waals surface area (Å²) in [5, 5.41) is 28.2. The predicted octanol–water partition coefficient (Wildman–Crippen LogP) is 2.42. The van der Waals surface area contributed by atoms with Crippen LogP contribution in [0.25, 0.3) is 0 Å². The number of unbranched alkanes of at least 4 members (excludes halogenated alkanes) is 1. The van der Waals surface area contributed by atoms with Gasteiger partial charge in [0.05, 0.1) is 5.56 Å². The number of phenols is 3. The lowest BCUT2D eigenvalue weighted by atomic mass is 10.00. The van der Waals surface area contributed by atoms with Gasteiger partial charge in [0.25, 0.3) is 0 Å². The fraction of sp³-hybridized carbons (Fsp3) is 0.455. The molecule has 0 spiro atoms. The van der Waals surface area contributed by atoms with E-state index >= 15 is 0 Å². The van der Waals surface area contributed by atoms with Gasteiger partial charge in [0.15, 0.2) is 0 Å². The first-order chi connectivity index (χ1) is 7.06. The second kappa shape index (κ2) is 6.45. The van der Waals surface area contributed by atoms with Crippen molar-refractivity contribution in [1.29, 1.82) is 0 Å². The summed E-state index contributed by atoms with van der Waals surface area (Å²) in [6, 6.07) is 1.97. The Morgan fingerprint density at radius 2 is 1.69 bits per heavy atom. The molecular formula is C11H18ClNO3. The highest BCUT2D eigenvalue weighted by Crippen LogP contribution is 2.37. The third-order valence-corrected chi connectivity index (χ3v) is 2.36. The van der Waals surface area contributed by atoms with Crippen molar-refractivity contribution in [3.05, 3.63) is 17.7 Å². The van der Waals surface area contributed by atoms with Crippen molar-refractivity contribution < 1.29 is 15.3 Å². The van der Waals surface area contributed by atoms with E-state index in [1.165, 1.54) is 12.1 Å². The van der Waals surface area contributed by atoms with E-state index < -0.39 is 6.04 Å². The van der Waals surface area contributed by atoms with Crippen molar-refractivity contribution >= 4 is 12.4 Å². The Morgan fingerprint density at radius 3 is 2.12 bits per heavy atom. The lowest BCUT2D eigenvalue weighted by Gasteiger charge is -2.15. The summed E-state index contributed by atoms with van der Waals surface area (Å²) >= 11 is 0. The Labute approximate surface area is 101 Å². The molecule has 5 heteroatoms. The number of halogens is 1. The molecule has 0 saturated heterocycles. The zero-order chi connectivity index (χ0) is 11.4. The molecule has 4 nitrogen and oxygen atoms in total. The van der Waals surface area contributed by atoms with Crippen molar-refractivity contribution in [3.8, 4) is 17.2 Å². The summed E-state index contributed by atoms with van der Waals surface area (Å²) in [5.74, 6) is -0.483. The Hall–Kier alpha value is -1.13. The monoisotopic (exact) mass is 247 g/mol. The summed E-state index contributed by atoms with van der Waals surface area (Å²) in [6.45, 7) is 2.04. The maximum atomic E-state index is 9.54. The average molecular weight is 248 g/mol. The van der Waals surface area contributed by atoms with Crippen molar-refractivity contribution in [2.24, 2.45) is 5.73 Å². The minimum atomic E-state index is -0.398. The van der Waals surface area contributed by atoms with Crippen molar-refractivity contribution in [3.63, 3.8) is 0 Å². The first kappa shape index (κ1) is 14.9. The molecule has 0 aliphatic rings. The molecule has 0 saturated carbocycles. The predicted molar refractivity (Wildman–Crippen MR) is 65.1 cm³/mol. The van der Waals surface area contributed by atoms with E-state index in [0.717, 1.165) is 12.8 Å². The molecule has 1 aromatic rings. The van der Waals surface area contributed by atoms with Crippen LogP contribution in [0.4, 0.5) is 0 Å². The van der Waals surface area contributed by atoms with E-state index in [-0.39, 0.29) is 29.7 Å². The number of hydrogen-bond donors (Lipinski definition) is 4. The molecule has 1 aromatic carbocycles. The van der Waals surface area contributed by atoms with E-state index in [4.69, 9.17) is 10.8 Å². The normalized spacial score (nSPS) is 11.9. The van der Waals surface area contributed by atoms with Gasteiger partial charge in [0.1, 0.15) is 17.2 Å². The fourth-order valence-corrected chi connectivity index (χ4v) is 1.56. The van der Waals surface area contributed by atoms with E-state index in [0.29, 0.717) is 12.0 Å². The maximum absolute atomic E-state index is 9.54. The molecule has 92 valence electrons. The molecule has 0 bridgehead atoms. The van der Waals surface area contributed by atoms with Crippen LogP contribution in [0.3, 0.4) is 0 Å². The van der Waals surface area contributed by atoms with Crippen LogP contribution in [0.2, 0.25) is 0 Å². The van der Waals surface area contributed by atoms with Gasteiger partial charge in [-0.25, -0.2) is 0 Å². The van der Waals surface area contributed by atoms with E-state index in [2.05, 4.69) is 0 Å². The van der Waals surface area contributed by atoms with Crippen LogP contribution in [-0.4, -0.2) is 15.3 Å². The van der Waals surface area contributed by atoms with Gasteiger partial charge < -0.3 is 21.1 Å². The van der Waals surface area contributed by atoms with E-state index in [9.17, 15) is 10.2 Å². The Bertz CT molecular complexity index is 321. The summed E-state index contributed by atoms with van der Waals surface area (Å²) < 4.78 is 0. The highest BCUT2D eigenvalue weighted by Gasteiger charge is 2.16. The molecule has 1 rings (SSSR count). The Morgan fingerprint density at radius 1 is 1.19 bits per heavy atom. The maximum Gasteiger partial charge on any atom is 0.127 e. The van der Waals surface area contributed by atoms with Crippen LogP contribution in [-0.2, 0) is 0 Å². The standard InChI is InChI=1S/C11H17NO3.ClH/c1-2-3-4-8(12)11-9(14)5-7(13)6-10(11)15;/h5-6,8,13-15H,2-4,12H2,1H3;1H/t8-;/m1./s1. The molecular weight excluding hydrogens is 230 g/mol. The SMILES string of the molecule is CCCC[C@@H](N)c1c(O)cc(O)cc1O.Cl. The quantitative estimate of drug-likeness (QED) is 0.658. The molecule has 0 aliphatic carbocycles. The lowest BCUT2D eigenvalue weighted by Crippen LogP contribution is -2.10. The first-order valence-electron chi connectivity index (χ1n) is 5.06. The van der Waals surface area contributed by atoms with Gasteiger partial charge in [-0.1, -0.05) is 19.8 Å². The highest BCUT2D eigenvalue weighted by molar-refractivity contribution is 5.85. The molecule has 0 radical (unpaired) electrons.